The molecule has 3 aromatic rings. The Labute approximate surface area is 184 Å². The molecule has 3 rings (SSSR count). The average Bonchev–Trinajstić information content (AvgIpc) is 3.43. The number of amides is 2. The lowest BCUT2D eigenvalue weighted by Crippen LogP contribution is -2.41. The Bertz CT molecular complexity index is 1030. The fraction of sp³-hybridized carbons (Fsp3) is 0.333. The molecule has 0 saturated carbocycles. The highest BCUT2D eigenvalue weighted by Gasteiger charge is 2.16. The molecular formula is C21H25N5O4S. The summed E-state index contributed by atoms with van der Waals surface area (Å²) in [5, 5.41) is 3.85. The first-order chi connectivity index (χ1) is 15.0. The second kappa shape index (κ2) is 10.8. The summed E-state index contributed by atoms with van der Waals surface area (Å²) in [6.07, 6.45) is 0. The van der Waals surface area contributed by atoms with E-state index in [1.807, 2.05) is 12.1 Å². The van der Waals surface area contributed by atoms with Crippen LogP contribution in [-0.2, 0) is 12.3 Å². The van der Waals surface area contributed by atoms with Gasteiger partial charge in [0.25, 0.3) is 5.91 Å². The molecule has 0 aliphatic heterocycles. The van der Waals surface area contributed by atoms with E-state index in [0.717, 1.165) is 18.0 Å². The van der Waals surface area contributed by atoms with E-state index in [0.29, 0.717) is 35.3 Å². The lowest BCUT2D eigenvalue weighted by Gasteiger charge is -2.15. The first kappa shape index (κ1) is 22.6. The highest BCUT2D eigenvalue weighted by Crippen LogP contribution is 2.25. The summed E-state index contributed by atoms with van der Waals surface area (Å²) in [5.41, 5.74) is 5.27. The van der Waals surface area contributed by atoms with Crippen LogP contribution in [-0.4, -0.2) is 39.9 Å². The van der Waals surface area contributed by atoms with Crippen molar-refractivity contribution in [2.45, 2.75) is 38.0 Å². The smallest absolute Gasteiger partial charge is 0.305 e. The normalized spacial score (nSPS) is 11.0. The predicted octanol–water partition coefficient (Wildman–Crippen LogP) is 3.18. The van der Waals surface area contributed by atoms with Gasteiger partial charge in [-0.25, -0.2) is 0 Å². The first-order valence-electron chi connectivity index (χ1n) is 9.92. The number of nitrogens with one attached hydrogen (secondary N) is 2. The fourth-order valence-electron chi connectivity index (χ4n) is 2.82. The molecule has 0 saturated heterocycles. The van der Waals surface area contributed by atoms with Gasteiger partial charge in [-0.3, -0.25) is 25.3 Å². The van der Waals surface area contributed by atoms with E-state index in [1.165, 1.54) is 11.8 Å². The SMILES string of the molecule is CCN(CC)Cc1ccc(C(=O)NNC(=O)c2ccccc2SCc2noc(C)n2)o1. The van der Waals surface area contributed by atoms with Crippen LogP contribution in [0.3, 0.4) is 0 Å². The van der Waals surface area contributed by atoms with Crippen molar-refractivity contribution in [1.82, 2.24) is 25.9 Å². The number of hydrogen-bond donors (Lipinski definition) is 2. The molecule has 10 heteroatoms. The number of furan rings is 1. The molecule has 164 valence electrons. The number of carbonyl (C=O) groups excluding carboxylic acids is 2. The number of hydrogen-bond acceptors (Lipinski definition) is 8. The van der Waals surface area contributed by atoms with Crippen LogP contribution in [0, 0.1) is 6.92 Å². The van der Waals surface area contributed by atoms with Crippen molar-refractivity contribution in [2.24, 2.45) is 0 Å². The van der Waals surface area contributed by atoms with Gasteiger partial charge in [0.05, 0.1) is 17.9 Å². The molecule has 0 spiro atoms. The van der Waals surface area contributed by atoms with Gasteiger partial charge in [0.15, 0.2) is 11.6 Å². The summed E-state index contributed by atoms with van der Waals surface area (Å²) in [5.74, 6) is 1.36. The Morgan fingerprint density at radius 1 is 1.06 bits per heavy atom. The molecule has 0 aliphatic carbocycles. The topological polar surface area (TPSA) is 114 Å². The monoisotopic (exact) mass is 443 g/mol. The third-order valence-electron chi connectivity index (χ3n) is 4.51. The molecule has 9 nitrogen and oxygen atoms in total. The van der Waals surface area contributed by atoms with Gasteiger partial charge in [0.2, 0.25) is 5.89 Å². The molecule has 2 N–H and O–H groups in total. The van der Waals surface area contributed by atoms with Crippen LogP contribution >= 0.6 is 11.8 Å². The Balaban J connectivity index is 1.57. The Morgan fingerprint density at radius 3 is 2.52 bits per heavy atom. The van der Waals surface area contributed by atoms with Gasteiger partial charge in [0, 0.05) is 11.8 Å². The van der Waals surface area contributed by atoms with Crippen LogP contribution in [0.4, 0.5) is 0 Å². The van der Waals surface area contributed by atoms with E-state index in [4.69, 9.17) is 8.94 Å². The molecule has 2 amide bonds. The number of rotatable bonds is 9. The van der Waals surface area contributed by atoms with Gasteiger partial charge in [-0.2, -0.15) is 4.98 Å². The number of hydrazine groups is 1. The third kappa shape index (κ3) is 6.19. The van der Waals surface area contributed by atoms with E-state index >= 15 is 0 Å². The van der Waals surface area contributed by atoms with E-state index in [1.54, 1.807) is 31.2 Å². The summed E-state index contributed by atoms with van der Waals surface area (Å²) in [6.45, 7) is 8.25. The van der Waals surface area contributed by atoms with Gasteiger partial charge in [-0.15, -0.1) is 11.8 Å². The zero-order valence-corrected chi connectivity index (χ0v) is 18.5. The average molecular weight is 444 g/mol. The maximum absolute atomic E-state index is 12.6. The minimum atomic E-state index is -0.522. The largest absolute Gasteiger partial charge is 0.454 e. The van der Waals surface area contributed by atoms with E-state index < -0.39 is 11.8 Å². The van der Waals surface area contributed by atoms with Gasteiger partial charge >= 0.3 is 5.91 Å². The molecule has 2 aromatic heterocycles. The van der Waals surface area contributed by atoms with Gasteiger partial charge in [0.1, 0.15) is 5.76 Å². The number of thioether (sulfide) groups is 1. The molecule has 0 radical (unpaired) electrons. The van der Waals surface area contributed by atoms with Crippen LogP contribution in [0.1, 0.15) is 52.2 Å². The maximum Gasteiger partial charge on any atom is 0.305 e. The molecule has 0 bridgehead atoms. The lowest BCUT2D eigenvalue weighted by atomic mass is 10.2. The van der Waals surface area contributed by atoms with Crippen molar-refractivity contribution in [3.05, 3.63) is 65.2 Å². The maximum atomic E-state index is 12.6. The van der Waals surface area contributed by atoms with Crippen molar-refractivity contribution in [3.8, 4) is 0 Å². The number of benzene rings is 1. The summed E-state index contributed by atoms with van der Waals surface area (Å²) < 4.78 is 10.6. The van der Waals surface area contributed by atoms with Crippen molar-refractivity contribution in [2.75, 3.05) is 13.1 Å². The lowest BCUT2D eigenvalue weighted by molar-refractivity contribution is 0.0827. The van der Waals surface area contributed by atoms with Crippen molar-refractivity contribution in [3.63, 3.8) is 0 Å². The molecule has 1 aromatic carbocycles. The summed E-state index contributed by atoms with van der Waals surface area (Å²) in [4.78, 5) is 32.0. The van der Waals surface area contributed by atoms with E-state index in [-0.39, 0.29) is 5.76 Å². The highest BCUT2D eigenvalue weighted by molar-refractivity contribution is 7.98. The minimum absolute atomic E-state index is 0.137. The Kier molecular flexibility index (Phi) is 7.85. The molecule has 0 atom stereocenters. The Hall–Kier alpha value is -3.11. The summed E-state index contributed by atoms with van der Waals surface area (Å²) in [6, 6.07) is 10.4. The van der Waals surface area contributed by atoms with E-state index in [9.17, 15) is 9.59 Å². The summed E-state index contributed by atoms with van der Waals surface area (Å²) in [7, 11) is 0. The quantitative estimate of drug-likeness (QED) is 0.383. The molecule has 0 unspecified atom stereocenters. The predicted molar refractivity (Wildman–Crippen MR) is 115 cm³/mol. The molecule has 0 fully saturated rings. The van der Waals surface area contributed by atoms with Gasteiger partial charge in [-0.1, -0.05) is 31.1 Å². The second-order valence-electron chi connectivity index (χ2n) is 6.65. The van der Waals surface area contributed by atoms with Crippen LogP contribution in [0.5, 0.6) is 0 Å². The molecule has 2 heterocycles. The van der Waals surface area contributed by atoms with Gasteiger partial charge in [-0.05, 0) is 37.4 Å². The third-order valence-corrected chi connectivity index (χ3v) is 5.58. The standard InChI is InChI=1S/C21H25N5O4S/c1-4-26(5-2)12-15-10-11-17(29-15)21(28)24-23-20(27)16-8-6-7-9-18(16)31-13-19-22-14(3)30-25-19/h6-11H,4-5,12-13H2,1-3H3,(H,23,27)(H,24,28). The minimum Gasteiger partial charge on any atom is -0.454 e. The van der Waals surface area contributed by atoms with Crippen LogP contribution in [0.2, 0.25) is 0 Å². The molecular weight excluding hydrogens is 418 g/mol. The van der Waals surface area contributed by atoms with Crippen LogP contribution in [0.15, 0.2) is 50.2 Å². The second-order valence-corrected chi connectivity index (χ2v) is 7.67. The Morgan fingerprint density at radius 2 is 1.81 bits per heavy atom. The zero-order chi connectivity index (χ0) is 22.2. The first-order valence-corrected chi connectivity index (χ1v) is 10.9. The van der Waals surface area contributed by atoms with Gasteiger partial charge < -0.3 is 8.94 Å². The van der Waals surface area contributed by atoms with Crippen LogP contribution < -0.4 is 10.9 Å². The fourth-order valence-corrected chi connectivity index (χ4v) is 3.71. The number of aromatic nitrogens is 2. The van der Waals surface area contributed by atoms with Crippen LogP contribution in [0.25, 0.3) is 0 Å². The number of carbonyl (C=O) groups is 2. The van der Waals surface area contributed by atoms with Crippen molar-refractivity contribution >= 4 is 23.6 Å². The molecule has 0 aliphatic rings. The number of aryl methyl sites for hydroxylation is 1. The van der Waals surface area contributed by atoms with Crippen molar-refractivity contribution in [1.29, 1.82) is 0 Å². The zero-order valence-electron chi connectivity index (χ0n) is 17.7. The van der Waals surface area contributed by atoms with Crippen molar-refractivity contribution < 1.29 is 18.5 Å². The number of nitrogens with zero attached hydrogens (tertiary/aromatic N) is 3. The molecule has 31 heavy (non-hydrogen) atoms. The highest BCUT2D eigenvalue weighted by atomic mass is 32.2. The summed E-state index contributed by atoms with van der Waals surface area (Å²) >= 11 is 1.40. The van der Waals surface area contributed by atoms with E-state index in [2.05, 4.69) is 39.7 Å².